The number of nitrogens with one attached hydrogen (secondary N) is 1. The van der Waals surface area contributed by atoms with Crippen LogP contribution in [0.25, 0.3) is 0 Å². The number of ketones is 1. The van der Waals surface area contributed by atoms with E-state index in [4.69, 9.17) is 0 Å². The molecule has 0 aromatic carbocycles. The number of carbonyl (C=O) groups excluding carboxylic acids is 2. The highest BCUT2D eigenvalue weighted by molar-refractivity contribution is 5.86. The second kappa shape index (κ2) is 5.65. The Morgan fingerprint density at radius 2 is 2.18 bits per heavy atom. The molecular weight excluding hydrogens is 142 g/mol. The summed E-state index contributed by atoms with van der Waals surface area (Å²) < 4.78 is 0. The quantitative estimate of drug-likeness (QED) is 0.468. The van der Waals surface area contributed by atoms with Crippen LogP contribution in [0.15, 0.2) is 12.7 Å². The summed E-state index contributed by atoms with van der Waals surface area (Å²) in [5, 5.41) is 2.58. The van der Waals surface area contributed by atoms with E-state index in [9.17, 15) is 9.59 Å². The molecule has 0 rings (SSSR count). The second-order valence-electron chi connectivity index (χ2n) is 2.30. The molecule has 0 aromatic rings. The first-order valence-electron chi connectivity index (χ1n) is 3.56. The van der Waals surface area contributed by atoms with Crippen LogP contribution in [0.1, 0.15) is 19.8 Å². The number of rotatable bonds is 5. The average molecular weight is 155 g/mol. The van der Waals surface area contributed by atoms with Gasteiger partial charge in [0.1, 0.15) is 5.78 Å². The Balaban J connectivity index is 3.21. The normalized spacial score (nSPS) is 8.82. The van der Waals surface area contributed by atoms with E-state index in [0.717, 1.165) is 0 Å². The molecule has 1 N–H and O–H groups in total. The number of carbonyl (C=O) groups is 2. The van der Waals surface area contributed by atoms with Crippen molar-refractivity contribution in [2.24, 2.45) is 0 Å². The van der Waals surface area contributed by atoms with E-state index in [1.165, 1.54) is 13.0 Å². The molecule has 0 aliphatic heterocycles. The Bertz CT molecular complexity index is 163. The summed E-state index contributed by atoms with van der Waals surface area (Å²) in [7, 11) is 0. The van der Waals surface area contributed by atoms with Crippen LogP contribution in [-0.2, 0) is 9.59 Å². The molecule has 11 heavy (non-hydrogen) atoms. The number of Topliss-reactive ketones (excluding diaryl/α,β-unsaturated/α-hetero) is 1. The van der Waals surface area contributed by atoms with Crippen molar-refractivity contribution in [1.29, 1.82) is 0 Å². The monoisotopic (exact) mass is 155 g/mol. The Morgan fingerprint density at radius 1 is 1.55 bits per heavy atom. The van der Waals surface area contributed by atoms with Gasteiger partial charge in [0.25, 0.3) is 0 Å². The minimum atomic E-state index is -0.187. The van der Waals surface area contributed by atoms with Gasteiger partial charge in [0.2, 0.25) is 5.91 Å². The van der Waals surface area contributed by atoms with Gasteiger partial charge in [-0.3, -0.25) is 4.79 Å². The fraction of sp³-hybridized carbons (Fsp3) is 0.500. The van der Waals surface area contributed by atoms with Crippen molar-refractivity contribution < 1.29 is 9.59 Å². The van der Waals surface area contributed by atoms with Gasteiger partial charge in [-0.15, -0.1) is 0 Å². The summed E-state index contributed by atoms with van der Waals surface area (Å²) >= 11 is 0. The molecule has 0 aliphatic rings. The van der Waals surface area contributed by atoms with Crippen LogP contribution in [0.2, 0.25) is 0 Å². The number of hydrogen-bond acceptors (Lipinski definition) is 2. The summed E-state index contributed by atoms with van der Waals surface area (Å²) in [6.45, 7) is 5.38. The van der Waals surface area contributed by atoms with Crippen molar-refractivity contribution in [3.8, 4) is 0 Å². The Hall–Kier alpha value is -1.12. The molecule has 0 radical (unpaired) electrons. The maximum Gasteiger partial charge on any atom is 0.243 e. The Kier molecular flexibility index (Phi) is 5.07. The van der Waals surface area contributed by atoms with Crippen molar-refractivity contribution in [3.05, 3.63) is 12.7 Å². The molecule has 0 saturated heterocycles. The lowest BCUT2D eigenvalue weighted by Crippen LogP contribution is -2.22. The topological polar surface area (TPSA) is 46.2 Å². The van der Waals surface area contributed by atoms with Gasteiger partial charge in [-0.25, -0.2) is 0 Å². The van der Waals surface area contributed by atoms with Crippen molar-refractivity contribution in [2.75, 3.05) is 6.54 Å². The first-order valence-corrected chi connectivity index (χ1v) is 3.56. The van der Waals surface area contributed by atoms with Crippen molar-refractivity contribution in [1.82, 2.24) is 5.32 Å². The van der Waals surface area contributed by atoms with Crippen LogP contribution < -0.4 is 5.32 Å². The van der Waals surface area contributed by atoms with Gasteiger partial charge >= 0.3 is 0 Å². The minimum Gasteiger partial charge on any atom is -0.353 e. The molecule has 0 aromatic heterocycles. The predicted molar refractivity (Wildman–Crippen MR) is 43.1 cm³/mol. The Labute approximate surface area is 66.5 Å². The first kappa shape index (κ1) is 9.88. The molecule has 1 amide bonds. The highest BCUT2D eigenvalue weighted by Gasteiger charge is 1.94. The van der Waals surface area contributed by atoms with Crippen LogP contribution in [0.5, 0.6) is 0 Å². The lowest BCUT2D eigenvalue weighted by molar-refractivity contribution is -0.118. The van der Waals surface area contributed by atoms with E-state index in [0.29, 0.717) is 19.4 Å². The lowest BCUT2D eigenvalue weighted by Gasteiger charge is -1.98. The summed E-state index contributed by atoms with van der Waals surface area (Å²) in [5.74, 6) is -0.0357. The number of hydrogen-bond donors (Lipinski definition) is 1. The SMILES string of the molecule is C=CC(=O)NCCCC(C)=O. The smallest absolute Gasteiger partial charge is 0.243 e. The first-order chi connectivity index (χ1) is 5.16. The fourth-order valence-corrected chi connectivity index (χ4v) is 0.621. The lowest BCUT2D eigenvalue weighted by atomic mass is 10.2. The van der Waals surface area contributed by atoms with Crippen LogP contribution in [0.3, 0.4) is 0 Å². The van der Waals surface area contributed by atoms with Crippen molar-refractivity contribution in [2.45, 2.75) is 19.8 Å². The molecule has 3 nitrogen and oxygen atoms in total. The molecular formula is C8H13NO2. The van der Waals surface area contributed by atoms with Gasteiger partial charge in [0.05, 0.1) is 0 Å². The van der Waals surface area contributed by atoms with E-state index in [1.807, 2.05) is 0 Å². The minimum absolute atomic E-state index is 0.151. The van der Waals surface area contributed by atoms with Gasteiger partial charge in [-0.2, -0.15) is 0 Å². The van der Waals surface area contributed by atoms with Crippen molar-refractivity contribution in [3.63, 3.8) is 0 Å². The van der Waals surface area contributed by atoms with Gasteiger partial charge < -0.3 is 10.1 Å². The molecule has 62 valence electrons. The van der Waals surface area contributed by atoms with Crippen LogP contribution in [0, 0.1) is 0 Å². The van der Waals surface area contributed by atoms with Crippen LogP contribution in [0.4, 0.5) is 0 Å². The standard InChI is InChI=1S/C8H13NO2/c1-3-8(11)9-6-4-5-7(2)10/h3H,1,4-6H2,2H3,(H,9,11). The third kappa shape index (κ3) is 6.77. The molecule has 3 heteroatoms. The molecule has 0 fully saturated rings. The third-order valence-corrected chi connectivity index (χ3v) is 1.19. The van der Waals surface area contributed by atoms with E-state index >= 15 is 0 Å². The van der Waals surface area contributed by atoms with Gasteiger partial charge in [0.15, 0.2) is 0 Å². The molecule has 0 heterocycles. The highest BCUT2D eigenvalue weighted by atomic mass is 16.1. The summed E-state index contributed by atoms with van der Waals surface area (Å²) in [6, 6.07) is 0. The van der Waals surface area contributed by atoms with Gasteiger partial charge in [0, 0.05) is 13.0 Å². The molecule has 0 bridgehead atoms. The summed E-state index contributed by atoms with van der Waals surface area (Å²) in [6.07, 6.45) is 2.44. The summed E-state index contributed by atoms with van der Waals surface area (Å²) in [5.41, 5.74) is 0. The Morgan fingerprint density at radius 3 is 2.64 bits per heavy atom. The largest absolute Gasteiger partial charge is 0.353 e. The zero-order valence-corrected chi connectivity index (χ0v) is 6.72. The molecule has 0 saturated carbocycles. The second-order valence-corrected chi connectivity index (χ2v) is 2.30. The zero-order valence-electron chi connectivity index (χ0n) is 6.72. The third-order valence-electron chi connectivity index (χ3n) is 1.19. The maximum atomic E-state index is 10.5. The van der Waals surface area contributed by atoms with Gasteiger partial charge in [-0.05, 0) is 19.4 Å². The van der Waals surface area contributed by atoms with Crippen molar-refractivity contribution >= 4 is 11.7 Å². The predicted octanol–water partition coefficient (Wildman–Crippen LogP) is 0.658. The van der Waals surface area contributed by atoms with Crippen LogP contribution >= 0.6 is 0 Å². The highest BCUT2D eigenvalue weighted by Crippen LogP contribution is 1.87. The average Bonchev–Trinajstić information content (AvgIpc) is 1.97. The molecule has 0 unspecified atom stereocenters. The maximum absolute atomic E-state index is 10.5. The number of amides is 1. The van der Waals surface area contributed by atoms with E-state index in [1.54, 1.807) is 0 Å². The van der Waals surface area contributed by atoms with Gasteiger partial charge in [-0.1, -0.05) is 6.58 Å². The molecule has 0 aliphatic carbocycles. The summed E-state index contributed by atoms with van der Waals surface area (Å²) in [4.78, 5) is 21.0. The zero-order chi connectivity index (χ0) is 8.69. The van der Waals surface area contributed by atoms with Crippen LogP contribution in [-0.4, -0.2) is 18.2 Å². The molecule has 0 spiro atoms. The molecule has 0 atom stereocenters. The fourth-order valence-electron chi connectivity index (χ4n) is 0.621. The van der Waals surface area contributed by atoms with E-state index in [2.05, 4.69) is 11.9 Å². The van der Waals surface area contributed by atoms with E-state index < -0.39 is 0 Å². The van der Waals surface area contributed by atoms with E-state index in [-0.39, 0.29) is 11.7 Å².